The number of ether oxygens (including phenoxy) is 1. The van der Waals surface area contributed by atoms with E-state index in [1.54, 1.807) is 0 Å². The molecule has 0 spiro atoms. The van der Waals surface area contributed by atoms with Crippen LogP contribution in [0.3, 0.4) is 0 Å². The lowest BCUT2D eigenvalue weighted by Gasteiger charge is -2.21. The fourth-order valence-corrected chi connectivity index (χ4v) is 3.68. The monoisotopic (exact) mass is 336 g/mol. The fourth-order valence-electron chi connectivity index (χ4n) is 3.68. The number of nitrogens with zero attached hydrogens (tertiary/aromatic N) is 1. The van der Waals surface area contributed by atoms with Crippen molar-refractivity contribution in [2.75, 3.05) is 18.0 Å². The highest BCUT2D eigenvalue weighted by Crippen LogP contribution is 2.29. The third-order valence-corrected chi connectivity index (χ3v) is 5.14. The van der Waals surface area contributed by atoms with Crippen molar-refractivity contribution >= 4 is 11.6 Å². The van der Waals surface area contributed by atoms with E-state index in [2.05, 4.69) is 34.5 Å². The van der Waals surface area contributed by atoms with Crippen molar-refractivity contribution < 1.29 is 9.53 Å². The molecule has 2 aliphatic rings. The van der Waals surface area contributed by atoms with Crippen LogP contribution in [0.2, 0.25) is 0 Å². The van der Waals surface area contributed by atoms with E-state index in [-0.39, 0.29) is 11.9 Å². The Morgan fingerprint density at radius 1 is 1.16 bits per heavy atom. The number of fused-ring (bicyclic) bond motifs is 1. The van der Waals surface area contributed by atoms with E-state index >= 15 is 0 Å². The molecule has 130 valence electrons. The van der Waals surface area contributed by atoms with Gasteiger partial charge in [0.1, 0.15) is 5.75 Å². The second-order valence-electron chi connectivity index (χ2n) is 6.94. The van der Waals surface area contributed by atoms with Gasteiger partial charge in [0.15, 0.2) is 6.10 Å². The van der Waals surface area contributed by atoms with E-state index in [0.717, 1.165) is 30.0 Å². The van der Waals surface area contributed by atoms with Gasteiger partial charge in [-0.25, -0.2) is 0 Å². The van der Waals surface area contributed by atoms with Gasteiger partial charge in [-0.05, 0) is 49.1 Å². The maximum atomic E-state index is 12.6. The van der Waals surface area contributed by atoms with Crippen LogP contribution >= 0.6 is 0 Å². The smallest absolute Gasteiger partial charge is 0.261 e. The number of carbonyl (C=O) groups excluding carboxylic acids is 1. The molecule has 0 saturated carbocycles. The molecule has 1 fully saturated rings. The molecule has 4 heteroatoms. The van der Waals surface area contributed by atoms with E-state index in [0.29, 0.717) is 6.42 Å². The Bertz CT molecular complexity index is 743. The second kappa shape index (κ2) is 6.79. The minimum Gasteiger partial charge on any atom is -0.480 e. The van der Waals surface area contributed by atoms with E-state index in [9.17, 15) is 4.79 Å². The first-order valence-corrected chi connectivity index (χ1v) is 9.10. The number of rotatable bonds is 4. The summed E-state index contributed by atoms with van der Waals surface area (Å²) < 4.78 is 5.79. The molecule has 1 N–H and O–H groups in total. The van der Waals surface area contributed by atoms with Gasteiger partial charge in [0, 0.05) is 25.2 Å². The molecule has 2 aromatic carbocycles. The maximum Gasteiger partial charge on any atom is 0.261 e. The molecule has 2 aliphatic heterocycles. The summed E-state index contributed by atoms with van der Waals surface area (Å²) in [4.78, 5) is 15.0. The Labute approximate surface area is 148 Å². The molecule has 2 atom stereocenters. The van der Waals surface area contributed by atoms with Gasteiger partial charge in [0.05, 0.1) is 6.04 Å². The SMILES string of the molecule is CC(NC(=O)C1Cc2ccccc2O1)c1cccc(N2CCCC2)c1. The van der Waals surface area contributed by atoms with Crippen molar-refractivity contribution in [1.29, 1.82) is 0 Å². The Hall–Kier alpha value is -2.49. The summed E-state index contributed by atoms with van der Waals surface area (Å²) in [5, 5.41) is 3.11. The number of hydrogen-bond donors (Lipinski definition) is 1. The molecule has 0 radical (unpaired) electrons. The van der Waals surface area contributed by atoms with Crippen LogP contribution in [0.1, 0.15) is 36.9 Å². The van der Waals surface area contributed by atoms with Gasteiger partial charge < -0.3 is 15.0 Å². The summed E-state index contributed by atoms with van der Waals surface area (Å²) in [7, 11) is 0. The Balaban J connectivity index is 1.41. The summed E-state index contributed by atoms with van der Waals surface area (Å²) >= 11 is 0. The molecule has 0 bridgehead atoms. The van der Waals surface area contributed by atoms with Gasteiger partial charge >= 0.3 is 0 Å². The molecule has 0 aliphatic carbocycles. The minimum atomic E-state index is -0.429. The highest BCUT2D eigenvalue weighted by atomic mass is 16.5. The first kappa shape index (κ1) is 16.0. The second-order valence-corrected chi connectivity index (χ2v) is 6.94. The highest BCUT2D eigenvalue weighted by molar-refractivity contribution is 5.83. The highest BCUT2D eigenvalue weighted by Gasteiger charge is 2.29. The molecule has 2 heterocycles. The van der Waals surface area contributed by atoms with Crippen LogP contribution in [0.15, 0.2) is 48.5 Å². The lowest BCUT2D eigenvalue weighted by atomic mass is 10.1. The van der Waals surface area contributed by atoms with Crippen molar-refractivity contribution in [2.45, 2.75) is 38.3 Å². The molecule has 2 aromatic rings. The van der Waals surface area contributed by atoms with Gasteiger partial charge in [0.25, 0.3) is 5.91 Å². The quantitative estimate of drug-likeness (QED) is 0.929. The normalized spacial score (nSPS) is 20.0. The molecule has 4 nitrogen and oxygen atoms in total. The standard InChI is InChI=1S/C21H24N2O2/c1-15(16-8-6-9-18(13-16)23-11-4-5-12-23)22-21(24)20-14-17-7-2-3-10-19(17)25-20/h2-3,6-10,13,15,20H,4-5,11-12,14H2,1H3,(H,22,24). The van der Waals surface area contributed by atoms with Crippen LogP contribution in [0.25, 0.3) is 0 Å². The number of anilines is 1. The lowest BCUT2D eigenvalue weighted by Crippen LogP contribution is -2.38. The van der Waals surface area contributed by atoms with Gasteiger partial charge in [-0.3, -0.25) is 4.79 Å². The number of hydrogen-bond acceptors (Lipinski definition) is 3. The summed E-state index contributed by atoms with van der Waals surface area (Å²) in [5.41, 5.74) is 3.49. The zero-order valence-electron chi connectivity index (χ0n) is 14.6. The number of para-hydroxylation sites is 1. The van der Waals surface area contributed by atoms with Crippen LogP contribution in [-0.2, 0) is 11.2 Å². The molecule has 4 rings (SSSR count). The van der Waals surface area contributed by atoms with E-state index < -0.39 is 6.10 Å². The number of nitrogens with one attached hydrogen (secondary N) is 1. The van der Waals surface area contributed by atoms with Crippen molar-refractivity contribution in [2.24, 2.45) is 0 Å². The molecule has 1 saturated heterocycles. The maximum absolute atomic E-state index is 12.6. The third kappa shape index (κ3) is 3.34. The number of carbonyl (C=O) groups is 1. The Morgan fingerprint density at radius 3 is 2.76 bits per heavy atom. The average Bonchev–Trinajstić information content (AvgIpc) is 3.31. The van der Waals surface area contributed by atoms with Crippen LogP contribution in [0.5, 0.6) is 5.75 Å². The molecular formula is C21H24N2O2. The van der Waals surface area contributed by atoms with Gasteiger partial charge in [-0.15, -0.1) is 0 Å². The van der Waals surface area contributed by atoms with Crippen LogP contribution in [0.4, 0.5) is 5.69 Å². The zero-order valence-corrected chi connectivity index (χ0v) is 14.6. The van der Waals surface area contributed by atoms with Crippen LogP contribution < -0.4 is 15.0 Å². The van der Waals surface area contributed by atoms with E-state index in [4.69, 9.17) is 4.74 Å². The van der Waals surface area contributed by atoms with Gasteiger partial charge in [-0.2, -0.15) is 0 Å². The molecular weight excluding hydrogens is 312 g/mol. The minimum absolute atomic E-state index is 0.0395. The summed E-state index contributed by atoms with van der Waals surface area (Å²) in [6, 6.07) is 16.3. The Morgan fingerprint density at radius 2 is 1.96 bits per heavy atom. The first-order chi connectivity index (χ1) is 12.2. The molecule has 1 amide bonds. The lowest BCUT2D eigenvalue weighted by molar-refractivity contribution is -0.127. The van der Waals surface area contributed by atoms with Gasteiger partial charge in [-0.1, -0.05) is 30.3 Å². The predicted molar refractivity (Wildman–Crippen MR) is 99.0 cm³/mol. The largest absolute Gasteiger partial charge is 0.480 e. The van der Waals surface area contributed by atoms with E-state index in [1.807, 2.05) is 31.2 Å². The van der Waals surface area contributed by atoms with Crippen molar-refractivity contribution in [1.82, 2.24) is 5.32 Å². The summed E-state index contributed by atoms with van der Waals surface area (Å²) in [5.74, 6) is 0.779. The summed E-state index contributed by atoms with van der Waals surface area (Å²) in [6.45, 7) is 4.28. The van der Waals surface area contributed by atoms with Crippen LogP contribution in [-0.4, -0.2) is 25.1 Å². The average molecular weight is 336 g/mol. The van der Waals surface area contributed by atoms with Crippen LogP contribution in [0, 0.1) is 0 Å². The van der Waals surface area contributed by atoms with Crippen molar-refractivity contribution in [3.63, 3.8) is 0 Å². The zero-order chi connectivity index (χ0) is 17.2. The number of benzene rings is 2. The Kier molecular flexibility index (Phi) is 4.35. The molecule has 2 unspecified atom stereocenters. The van der Waals surface area contributed by atoms with Crippen molar-refractivity contribution in [3.8, 4) is 5.75 Å². The fraction of sp³-hybridized carbons (Fsp3) is 0.381. The van der Waals surface area contributed by atoms with Gasteiger partial charge in [0.2, 0.25) is 0 Å². The third-order valence-electron chi connectivity index (χ3n) is 5.14. The van der Waals surface area contributed by atoms with Crippen molar-refractivity contribution in [3.05, 3.63) is 59.7 Å². The topological polar surface area (TPSA) is 41.6 Å². The first-order valence-electron chi connectivity index (χ1n) is 9.10. The predicted octanol–water partition coefficient (Wildman–Crippen LogP) is 3.47. The molecule has 0 aromatic heterocycles. The number of amides is 1. The van der Waals surface area contributed by atoms with E-state index in [1.165, 1.54) is 18.5 Å². The molecule has 25 heavy (non-hydrogen) atoms. The summed E-state index contributed by atoms with van der Waals surface area (Å²) in [6.07, 6.45) is 2.73.